The number of halogens is 2. The fraction of sp³-hybridized carbons (Fsp3) is 0.600. The van der Waals surface area contributed by atoms with Crippen LogP contribution in [0.15, 0.2) is 18.2 Å². The lowest BCUT2D eigenvalue weighted by molar-refractivity contribution is 0.123. The zero-order valence-electron chi connectivity index (χ0n) is 11.6. The summed E-state index contributed by atoms with van der Waals surface area (Å²) < 4.78 is 13.8. The van der Waals surface area contributed by atoms with Crippen LogP contribution >= 0.6 is 11.6 Å². The van der Waals surface area contributed by atoms with Crippen molar-refractivity contribution in [3.63, 3.8) is 0 Å². The van der Waals surface area contributed by atoms with Gasteiger partial charge in [-0.3, -0.25) is 4.90 Å². The zero-order valence-corrected chi connectivity index (χ0v) is 12.4. The minimum atomic E-state index is -0.264. The Balaban J connectivity index is 2.13. The number of nitrogens with two attached hydrogens (primary N) is 1. The molecule has 2 nitrogen and oxygen atoms in total. The lowest BCUT2D eigenvalue weighted by Gasteiger charge is -2.40. The lowest BCUT2D eigenvalue weighted by Crippen LogP contribution is -2.56. The molecule has 2 rings (SSSR count). The van der Waals surface area contributed by atoms with Gasteiger partial charge in [-0.25, -0.2) is 4.39 Å². The summed E-state index contributed by atoms with van der Waals surface area (Å²) in [6.07, 6.45) is 2.90. The van der Waals surface area contributed by atoms with E-state index in [2.05, 4.69) is 18.7 Å². The van der Waals surface area contributed by atoms with Crippen LogP contribution in [0.1, 0.15) is 32.3 Å². The summed E-state index contributed by atoms with van der Waals surface area (Å²) in [6, 6.07) is 4.64. The molecule has 1 heterocycles. The van der Waals surface area contributed by atoms with Crippen LogP contribution in [0, 0.1) is 5.82 Å². The number of likely N-dealkylation sites (tertiary alicyclic amines) is 1. The van der Waals surface area contributed by atoms with Gasteiger partial charge >= 0.3 is 0 Å². The minimum absolute atomic E-state index is 0.137. The monoisotopic (exact) mass is 284 g/mol. The summed E-state index contributed by atoms with van der Waals surface area (Å²) in [7, 11) is 0. The molecule has 106 valence electrons. The molecule has 1 aromatic rings. The van der Waals surface area contributed by atoms with E-state index in [4.69, 9.17) is 17.3 Å². The van der Waals surface area contributed by atoms with Gasteiger partial charge in [0.25, 0.3) is 0 Å². The molecule has 0 bridgehead atoms. The first-order valence-corrected chi connectivity index (χ1v) is 7.24. The van der Waals surface area contributed by atoms with Gasteiger partial charge in [0.2, 0.25) is 0 Å². The van der Waals surface area contributed by atoms with E-state index in [1.807, 2.05) is 0 Å². The Bertz CT molecular complexity index is 422. The van der Waals surface area contributed by atoms with Gasteiger partial charge in [-0.1, -0.05) is 17.7 Å². The number of hydrogen-bond acceptors (Lipinski definition) is 2. The van der Waals surface area contributed by atoms with Crippen molar-refractivity contribution < 1.29 is 4.39 Å². The highest BCUT2D eigenvalue weighted by Gasteiger charge is 2.35. The highest BCUT2D eigenvalue weighted by Crippen LogP contribution is 2.28. The van der Waals surface area contributed by atoms with E-state index in [-0.39, 0.29) is 17.4 Å². The largest absolute Gasteiger partial charge is 0.326 e. The van der Waals surface area contributed by atoms with Crippen molar-refractivity contribution in [2.75, 3.05) is 13.1 Å². The van der Waals surface area contributed by atoms with Crippen LogP contribution in [-0.2, 0) is 6.42 Å². The Morgan fingerprint density at radius 1 is 1.37 bits per heavy atom. The molecule has 0 aliphatic carbocycles. The van der Waals surface area contributed by atoms with Crippen LogP contribution in [0.5, 0.6) is 0 Å². The molecule has 1 aliphatic heterocycles. The topological polar surface area (TPSA) is 29.3 Å². The maximum Gasteiger partial charge on any atom is 0.127 e. The number of nitrogens with zero attached hydrogens (tertiary/aromatic N) is 1. The highest BCUT2D eigenvalue weighted by atomic mass is 35.5. The fourth-order valence-electron chi connectivity index (χ4n) is 2.72. The van der Waals surface area contributed by atoms with Crippen LogP contribution in [0.25, 0.3) is 0 Å². The van der Waals surface area contributed by atoms with E-state index in [1.165, 1.54) is 18.9 Å². The van der Waals surface area contributed by atoms with E-state index in [9.17, 15) is 4.39 Å². The second-order valence-electron chi connectivity index (χ2n) is 5.86. The van der Waals surface area contributed by atoms with Crippen LogP contribution in [-0.4, -0.2) is 29.6 Å². The molecule has 0 spiro atoms. The molecule has 1 unspecified atom stereocenters. The Kier molecular flexibility index (Phi) is 4.49. The van der Waals surface area contributed by atoms with Gasteiger partial charge in [0, 0.05) is 22.2 Å². The summed E-state index contributed by atoms with van der Waals surface area (Å²) >= 11 is 6.07. The van der Waals surface area contributed by atoms with Gasteiger partial charge in [0.1, 0.15) is 5.82 Å². The Morgan fingerprint density at radius 3 is 2.58 bits per heavy atom. The SMILES string of the molecule is CC(C)(C(N)Cc1c(F)cccc1Cl)N1CCCC1. The first-order chi connectivity index (χ1) is 8.93. The predicted octanol–water partition coefficient (Wildman–Crippen LogP) is 3.22. The maximum absolute atomic E-state index is 13.8. The molecule has 1 atom stereocenters. The van der Waals surface area contributed by atoms with Crippen LogP contribution < -0.4 is 5.73 Å². The highest BCUT2D eigenvalue weighted by molar-refractivity contribution is 6.31. The van der Waals surface area contributed by atoms with Gasteiger partial charge < -0.3 is 5.73 Å². The number of rotatable bonds is 4. The van der Waals surface area contributed by atoms with Crippen molar-refractivity contribution in [3.05, 3.63) is 34.6 Å². The van der Waals surface area contributed by atoms with Crippen molar-refractivity contribution in [2.45, 2.75) is 44.7 Å². The third-order valence-electron chi connectivity index (χ3n) is 4.31. The van der Waals surface area contributed by atoms with Gasteiger partial charge in [-0.15, -0.1) is 0 Å². The van der Waals surface area contributed by atoms with Crippen molar-refractivity contribution in [1.29, 1.82) is 0 Å². The summed E-state index contributed by atoms with van der Waals surface area (Å²) in [5.74, 6) is -0.264. The van der Waals surface area contributed by atoms with E-state index in [0.29, 0.717) is 17.0 Å². The Labute approximate surface area is 119 Å². The maximum atomic E-state index is 13.8. The van der Waals surface area contributed by atoms with Gasteiger partial charge in [-0.05, 0) is 58.3 Å². The Hall–Kier alpha value is -0.640. The van der Waals surface area contributed by atoms with E-state index < -0.39 is 0 Å². The summed E-state index contributed by atoms with van der Waals surface area (Å²) in [6.45, 7) is 6.42. The van der Waals surface area contributed by atoms with Gasteiger partial charge in [-0.2, -0.15) is 0 Å². The van der Waals surface area contributed by atoms with E-state index in [0.717, 1.165) is 13.1 Å². The van der Waals surface area contributed by atoms with Crippen molar-refractivity contribution >= 4 is 11.6 Å². The summed E-state index contributed by atoms with van der Waals surface area (Å²) in [5.41, 5.74) is 6.73. The molecule has 0 radical (unpaired) electrons. The summed E-state index contributed by atoms with van der Waals surface area (Å²) in [4.78, 5) is 2.40. The first-order valence-electron chi connectivity index (χ1n) is 6.86. The second-order valence-corrected chi connectivity index (χ2v) is 6.27. The average Bonchev–Trinajstić information content (AvgIpc) is 2.88. The molecule has 1 fully saturated rings. The molecule has 0 amide bonds. The minimum Gasteiger partial charge on any atom is -0.326 e. The lowest BCUT2D eigenvalue weighted by atomic mass is 9.88. The zero-order chi connectivity index (χ0) is 14.0. The summed E-state index contributed by atoms with van der Waals surface area (Å²) in [5, 5.41) is 0.465. The van der Waals surface area contributed by atoms with Crippen LogP contribution in [0.3, 0.4) is 0 Å². The second kappa shape index (κ2) is 5.78. The number of benzene rings is 1. The molecule has 0 saturated carbocycles. The molecule has 1 aliphatic rings. The fourth-order valence-corrected chi connectivity index (χ4v) is 2.97. The molecular formula is C15H22ClFN2. The molecule has 0 aromatic heterocycles. The van der Waals surface area contributed by atoms with Gasteiger partial charge in [0.15, 0.2) is 0 Å². The molecule has 19 heavy (non-hydrogen) atoms. The Morgan fingerprint density at radius 2 is 2.00 bits per heavy atom. The van der Waals surface area contributed by atoms with Gasteiger partial charge in [0.05, 0.1) is 0 Å². The normalized spacial score (nSPS) is 18.8. The smallest absolute Gasteiger partial charge is 0.127 e. The van der Waals surface area contributed by atoms with Crippen molar-refractivity contribution in [1.82, 2.24) is 4.90 Å². The number of hydrogen-bond donors (Lipinski definition) is 1. The molecule has 1 aromatic carbocycles. The van der Waals surface area contributed by atoms with Crippen LogP contribution in [0.2, 0.25) is 5.02 Å². The standard InChI is InChI=1S/C15H22ClFN2/c1-15(2,19-8-3-4-9-19)14(18)10-11-12(16)6-5-7-13(11)17/h5-7,14H,3-4,8-10,18H2,1-2H3. The molecule has 2 N–H and O–H groups in total. The van der Waals surface area contributed by atoms with E-state index in [1.54, 1.807) is 12.1 Å². The van der Waals surface area contributed by atoms with Crippen molar-refractivity contribution in [3.8, 4) is 0 Å². The molecular weight excluding hydrogens is 263 g/mol. The van der Waals surface area contributed by atoms with E-state index >= 15 is 0 Å². The molecule has 1 saturated heterocycles. The first kappa shape index (κ1) is 14.8. The average molecular weight is 285 g/mol. The third-order valence-corrected chi connectivity index (χ3v) is 4.67. The molecule has 4 heteroatoms. The van der Waals surface area contributed by atoms with Crippen LogP contribution in [0.4, 0.5) is 4.39 Å². The predicted molar refractivity (Wildman–Crippen MR) is 78.0 cm³/mol. The quantitative estimate of drug-likeness (QED) is 0.920. The third kappa shape index (κ3) is 3.10. The van der Waals surface area contributed by atoms with Crippen molar-refractivity contribution in [2.24, 2.45) is 5.73 Å².